The lowest BCUT2D eigenvalue weighted by molar-refractivity contribution is -0.126. The van der Waals surface area contributed by atoms with Gasteiger partial charge in [0.15, 0.2) is 0 Å². The minimum atomic E-state index is -0.242. The molecule has 5 atom stereocenters. The van der Waals surface area contributed by atoms with Crippen LogP contribution in [0.1, 0.15) is 74.7 Å². The number of aryl methyl sites for hydroxylation is 1. The number of amides is 1. The number of rotatable bonds is 7. The molecule has 1 aliphatic heterocycles. The quantitative estimate of drug-likeness (QED) is 0.434. The number of benzene rings is 1. The fraction of sp³-hybridized carbons (Fsp3) is 0.586. The van der Waals surface area contributed by atoms with Crippen molar-refractivity contribution in [2.75, 3.05) is 0 Å². The average Bonchev–Trinajstić information content (AvgIpc) is 3.63. The maximum absolute atomic E-state index is 14.9. The zero-order valence-electron chi connectivity index (χ0n) is 20.9. The molecule has 1 N–H and O–H groups in total. The number of allylic oxidation sites excluding steroid dienone is 4. The van der Waals surface area contributed by atoms with Crippen LogP contribution in [0.3, 0.4) is 0 Å². The van der Waals surface area contributed by atoms with Crippen molar-refractivity contribution in [2.24, 2.45) is 34.6 Å². The number of nitrogens with one attached hydrogen (secondary N) is 1. The topological polar surface area (TPSA) is 41.5 Å². The van der Waals surface area contributed by atoms with Crippen molar-refractivity contribution in [1.82, 2.24) is 5.32 Å². The fourth-order valence-electron chi connectivity index (χ4n) is 5.75. The number of carbonyl (C=O) groups excluding carboxylic acids is 1. The van der Waals surface area contributed by atoms with Crippen molar-refractivity contribution < 1.29 is 17.9 Å². The van der Waals surface area contributed by atoms with Gasteiger partial charge in [-0.2, -0.15) is 0 Å². The summed E-state index contributed by atoms with van der Waals surface area (Å²) in [5.41, 5.74) is 3.39. The first-order chi connectivity index (χ1) is 16.3. The Hall–Kier alpha value is -2.30. The van der Waals surface area contributed by atoms with Crippen molar-refractivity contribution in [3.05, 3.63) is 58.3 Å². The van der Waals surface area contributed by atoms with E-state index in [0.29, 0.717) is 12.3 Å². The number of carbonyl (C=O) groups is 1. The molecule has 0 radical (unpaired) electrons. The minimum Gasteiger partial charge on any atom is -0.353 e. The third-order valence-electron chi connectivity index (χ3n) is 7.97. The number of hydrogen-bond donors (Lipinski definition) is 1. The van der Waals surface area contributed by atoms with Crippen LogP contribution in [0.15, 0.2) is 46.4 Å². The van der Waals surface area contributed by atoms with Gasteiger partial charge in [-0.1, -0.05) is 32.4 Å². The molecule has 5 heteroatoms. The second-order valence-corrected chi connectivity index (χ2v) is 10.7. The van der Waals surface area contributed by atoms with Crippen LogP contribution >= 0.6 is 0 Å². The first kappa shape index (κ1) is 24.8. The van der Waals surface area contributed by atoms with Crippen molar-refractivity contribution in [3.63, 3.8) is 0 Å². The van der Waals surface area contributed by atoms with Crippen molar-refractivity contribution in [2.45, 2.75) is 78.7 Å². The van der Waals surface area contributed by atoms with E-state index in [0.717, 1.165) is 60.9 Å². The molecule has 34 heavy (non-hydrogen) atoms. The van der Waals surface area contributed by atoms with Crippen molar-refractivity contribution in [1.29, 1.82) is 0 Å². The van der Waals surface area contributed by atoms with E-state index in [4.69, 9.17) is 4.99 Å². The van der Waals surface area contributed by atoms with E-state index in [9.17, 15) is 13.6 Å². The Morgan fingerprint density at radius 2 is 2.00 bits per heavy atom. The van der Waals surface area contributed by atoms with Gasteiger partial charge in [0.05, 0.1) is 0 Å². The summed E-state index contributed by atoms with van der Waals surface area (Å²) in [5.74, 6) is 0.374. The summed E-state index contributed by atoms with van der Waals surface area (Å²) in [5, 5.41) is 3.32. The second kappa shape index (κ2) is 10.5. The van der Waals surface area contributed by atoms with Gasteiger partial charge in [-0.15, -0.1) is 0 Å². The lowest BCUT2D eigenvalue weighted by Crippen LogP contribution is -2.43. The summed E-state index contributed by atoms with van der Waals surface area (Å²) < 4.78 is 28.8. The first-order valence-corrected chi connectivity index (χ1v) is 12.9. The van der Waals surface area contributed by atoms with Crippen LogP contribution in [0.4, 0.5) is 8.78 Å². The second-order valence-electron chi connectivity index (χ2n) is 10.7. The molecule has 2 aliphatic carbocycles. The molecule has 1 heterocycles. The summed E-state index contributed by atoms with van der Waals surface area (Å²) in [4.78, 5) is 18.1. The molecule has 3 nitrogen and oxygen atoms in total. The van der Waals surface area contributed by atoms with E-state index in [1.165, 1.54) is 12.1 Å². The maximum Gasteiger partial charge on any atom is 0.223 e. The molecule has 190 valence electrons. The van der Waals surface area contributed by atoms with Crippen LogP contribution in [0.25, 0.3) is 0 Å². The Kier molecular flexibility index (Phi) is 7.69. The van der Waals surface area contributed by atoms with E-state index < -0.39 is 0 Å². The van der Waals surface area contributed by atoms with E-state index in [1.807, 2.05) is 19.2 Å². The standard InChI is InChI=1S/C29H38F2N2O.3H2/c1-5-26(31)27-19(4)18(3)16-32-28(27)22-7-6-8-24(15-22)33-29(34)25(21-9-10-21)14-20-11-17(2)12-23(30)13-20;;;/h5,11-13,16,18-19,21-22,24-25H,6-10,14-15H2,1-4H3,(H,33,34);3*1H/b26-5+;;;/t18?,19?,22?,24-,25-;;;/m1.../s1. The van der Waals surface area contributed by atoms with Crippen LogP contribution in [0.2, 0.25) is 0 Å². The predicted molar refractivity (Wildman–Crippen MR) is 140 cm³/mol. The Morgan fingerprint density at radius 3 is 2.68 bits per heavy atom. The highest BCUT2D eigenvalue weighted by atomic mass is 19.1. The molecule has 0 bridgehead atoms. The van der Waals surface area contributed by atoms with E-state index in [2.05, 4.69) is 19.2 Å². The zero-order valence-corrected chi connectivity index (χ0v) is 20.9. The van der Waals surface area contributed by atoms with Crippen LogP contribution < -0.4 is 5.32 Å². The van der Waals surface area contributed by atoms with Gasteiger partial charge < -0.3 is 5.32 Å². The molecule has 2 fully saturated rings. The smallest absolute Gasteiger partial charge is 0.223 e. The highest BCUT2D eigenvalue weighted by molar-refractivity contribution is 5.80. The van der Waals surface area contributed by atoms with Gasteiger partial charge in [-0.3, -0.25) is 9.79 Å². The number of nitrogens with zero attached hydrogens (tertiary/aromatic N) is 1. The van der Waals surface area contributed by atoms with Gasteiger partial charge in [-0.05, 0) is 93.4 Å². The number of aliphatic imine (C=N–C) groups is 1. The summed E-state index contributed by atoms with van der Waals surface area (Å²) >= 11 is 0. The van der Waals surface area contributed by atoms with E-state index >= 15 is 0 Å². The van der Waals surface area contributed by atoms with Gasteiger partial charge in [0.1, 0.15) is 11.6 Å². The third kappa shape index (κ3) is 5.67. The lowest BCUT2D eigenvalue weighted by atomic mass is 9.77. The predicted octanol–water partition coefficient (Wildman–Crippen LogP) is 7.60. The largest absolute Gasteiger partial charge is 0.353 e. The number of halogens is 2. The molecule has 0 aromatic heterocycles. The van der Waals surface area contributed by atoms with Gasteiger partial charge in [-0.25, -0.2) is 8.78 Å². The van der Waals surface area contributed by atoms with Crippen LogP contribution in [-0.2, 0) is 11.2 Å². The molecular weight excluding hydrogens is 430 g/mol. The molecular formula is C29H44F2N2O. The number of hydrogen-bond acceptors (Lipinski definition) is 2. The van der Waals surface area contributed by atoms with Gasteiger partial charge >= 0.3 is 0 Å². The highest BCUT2D eigenvalue weighted by Gasteiger charge is 2.38. The van der Waals surface area contributed by atoms with Crippen LogP contribution in [0, 0.1) is 42.3 Å². The first-order valence-electron chi connectivity index (χ1n) is 12.9. The van der Waals surface area contributed by atoms with Crippen LogP contribution in [0.5, 0.6) is 0 Å². The Balaban J connectivity index is 0.00000228. The van der Waals surface area contributed by atoms with Gasteiger partial charge in [0.2, 0.25) is 5.91 Å². The molecule has 3 unspecified atom stereocenters. The van der Waals surface area contributed by atoms with Crippen LogP contribution in [-0.4, -0.2) is 18.2 Å². The summed E-state index contributed by atoms with van der Waals surface area (Å²) in [6.45, 7) is 7.77. The summed E-state index contributed by atoms with van der Waals surface area (Å²) in [6, 6.07) is 5.12. The molecule has 3 aliphatic rings. The fourth-order valence-corrected chi connectivity index (χ4v) is 5.75. The third-order valence-corrected chi connectivity index (χ3v) is 7.97. The van der Waals surface area contributed by atoms with Crippen molar-refractivity contribution in [3.8, 4) is 0 Å². The molecule has 4 rings (SSSR count). The Bertz CT molecular complexity index is 1000. The molecule has 1 amide bonds. The molecule has 2 saturated carbocycles. The molecule has 1 aromatic rings. The SMILES string of the molecule is C/C=C(/F)C1=C(C2CCC[C@@H](NC(=O)[C@H](Cc3cc(C)cc(F)c3)C3CC3)C2)N=CC(C)C1C.[HH].[HH].[HH]. The van der Waals surface area contributed by atoms with E-state index in [1.54, 1.807) is 13.0 Å². The minimum absolute atomic E-state index is 0. The Morgan fingerprint density at radius 1 is 1.24 bits per heavy atom. The summed E-state index contributed by atoms with van der Waals surface area (Å²) in [7, 11) is 0. The normalized spacial score (nSPS) is 28.7. The summed E-state index contributed by atoms with van der Waals surface area (Å²) in [6.07, 6.45) is 9.86. The highest BCUT2D eigenvalue weighted by Crippen LogP contribution is 2.42. The van der Waals surface area contributed by atoms with Gasteiger partial charge in [0, 0.05) is 39.6 Å². The maximum atomic E-state index is 14.9. The monoisotopic (exact) mass is 474 g/mol. The Labute approximate surface area is 207 Å². The van der Waals surface area contributed by atoms with Crippen molar-refractivity contribution >= 4 is 12.1 Å². The molecule has 0 spiro atoms. The van der Waals surface area contributed by atoms with E-state index in [-0.39, 0.29) is 51.5 Å². The molecule has 1 aromatic carbocycles. The zero-order chi connectivity index (χ0) is 24.4. The lowest BCUT2D eigenvalue weighted by Gasteiger charge is -2.35. The average molecular weight is 475 g/mol. The molecule has 0 saturated heterocycles. The van der Waals surface area contributed by atoms with Gasteiger partial charge in [0.25, 0.3) is 0 Å².